The standard InChI is InChI=1S/C14H15N3O2S2/c1-3-19-12(18)11-8-5-4-7-6-16-14(15)17-10(7)9(8)13(20-2)21-11/h6H,3-5H2,1-2H3,(H2,15,16,17). The van der Waals surface area contributed by atoms with Crippen LogP contribution < -0.4 is 5.73 Å². The third-order valence-electron chi connectivity index (χ3n) is 3.39. The molecule has 0 amide bonds. The van der Waals surface area contributed by atoms with Crippen LogP contribution in [0.25, 0.3) is 11.3 Å². The van der Waals surface area contributed by atoms with Crippen molar-refractivity contribution in [3.63, 3.8) is 0 Å². The third kappa shape index (κ3) is 2.40. The molecule has 7 heteroatoms. The van der Waals surface area contributed by atoms with Crippen molar-refractivity contribution in [3.05, 3.63) is 22.2 Å². The van der Waals surface area contributed by atoms with Crippen LogP contribution in [0.1, 0.15) is 27.7 Å². The van der Waals surface area contributed by atoms with Crippen molar-refractivity contribution in [2.24, 2.45) is 0 Å². The SMILES string of the molecule is CCOC(=O)c1sc(SC)c2c1CCc1cnc(N)nc1-2. The highest BCUT2D eigenvalue weighted by Crippen LogP contribution is 2.45. The Labute approximate surface area is 130 Å². The first-order valence-electron chi connectivity index (χ1n) is 6.64. The second-order valence-electron chi connectivity index (χ2n) is 4.60. The maximum absolute atomic E-state index is 12.1. The zero-order chi connectivity index (χ0) is 15.0. The number of ether oxygens (including phenoxy) is 1. The van der Waals surface area contributed by atoms with Crippen molar-refractivity contribution >= 4 is 35.0 Å². The number of esters is 1. The summed E-state index contributed by atoms with van der Waals surface area (Å²) in [5.74, 6) is 0.0158. The Kier molecular flexibility index (Phi) is 3.86. The van der Waals surface area contributed by atoms with E-state index in [1.54, 1.807) is 18.0 Å². The predicted molar refractivity (Wildman–Crippen MR) is 84.9 cm³/mol. The highest BCUT2D eigenvalue weighted by atomic mass is 32.2. The van der Waals surface area contributed by atoms with Crippen molar-refractivity contribution in [2.75, 3.05) is 18.6 Å². The van der Waals surface area contributed by atoms with Gasteiger partial charge in [0, 0.05) is 11.8 Å². The van der Waals surface area contributed by atoms with Gasteiger partial charge in [-0.25, -0.2) is 14.8 Å². The summed E-state index contributed by atoms with van der Waals surface area (Å²) in [7, 11) is 0. The molecule has 0 aliphatic heterocycles. The van der Waals surface area contributed by atoms with Gasteiger partial charge < -0.3 is 10.5 Å². The average molecular weight is 321 g/mol. The van der Waals surface area contributed by atoms with Gasteiger partial charge in [0.25, 0.3) is 0 Å². The molecule has 0 radical (unpaired) electrons. The zero-order valence-electron chi connectivity index (χ0n) is 11.8. The molecule has 2 heterocycles. The summed E-state index contributed by atoms with van der Waals surface area (Å²) in [6.07, 6.45) is 5.41. The largest absolute Gasteiger partial charge is 0.462 e. The number of aromatic nitrogens is 2. The molecule has 0 bridgehead atoms. The number of nitrogens with zero attached hydrogens (tertiary/aromatic N) is 2. The van der Waals surface area contributed by atoms with Crippen LogP contribution in [-0.4, -0.2) is 28.8 Å². The Morgan fingerprint density at radius 1 is 1.52 bits per heavy atom. The summed E-state index contributed by atoms with van der Waals surface area (Å²) >= 11 is 3.10. The molecule has 0 aromatic carbocycles. The van der Waals surface area contributed by atoms with E-state index in [0.717, 1.165) is 39.4 Å². The number of aryl methyl sites for hydroxylation is 1. The van der Waals surface area contributed by atoms with E-state index < -0.39 is 0 Å². The lowest BCUT2D eigenvalue weighted by atomic mass is 9.91. The molecule has 0 saturated heterocycles. The number of rotatable bonds is 3. The molecule has 2 aromatic heterocycles. The van der Waals surface area contributed by atoms with Crippen molar-refractivity contribution in [2.45, 2.75) is 24.0 Å². The van der Waals surface area contributed by atoms with Gasteiger partial charge in [-0.15, -0.1) is 23.1 Å². The number of fused-ring (bicyclic) bond motifs is 3. The molecule has 2 aromatic rings. The summed E-state index contributed by atoms with van der Waals surface area (Å²) in [6, 6.07) is 0. The number of carbonyl (C=O) groups is 1. The number of carbonyl (C=O) groups excluding carboxylic acids is 1. The van der Waals surface area contributed by atoms with E-state index in [2.05, 4.69) is 9.97 Å². The van der Waals surface area contributed by atoms with Crippen molar-refractivity contribution in [1.82, 2.24) is 9.97 Å². The first-order valence-corrected chi connectivity index (χ1v) is 8.68. The molecule has 110 valence electrons. The fourth-order valence-corrected chi connectivity index (χ4v) is 4.49. The molecule has 0 saturated carbocycles. The summed E-state index contributed by atoms with van der Waals surface area (Å²) < 4.78 is 6.24. The van der Waals surface area contributed by atoms with Gasteiger partial charge in [-0.05, 0) is 37.1 Å². The second-order valence-corrected chi connectivity index (χ2v) is 6.69. The Bertz CT molecular complexity index is 712. The van der Waals surface area contributed by atoms with Gasteiger partial charge >= 0.3 is 5.97 Å². The summed E-state index contributed by atoms with van der Waals surface area (Å²) in [4.78, 5) is 21.3. The first kappa shape index (κ1) is 14.3. The zero-order valence-corrected chi connectivity index (χ0v) is 13.4. The maximum atomic E-state index is 12.1. The van der Waals surface area contributed by atoms with Crippen LogP contribution in [0.4, 0.5) is 5.95 Å². The van der Waals surface area contributed by atoms with Crippen molar-refractivity contribution < 1.29 is 9.53 Å². The van der Waals surface area contributed by atoms with E-state index in [-0.39, 0.29) is 11.9 Å². The molecule has 0 unspecified atom stereocenters. The molecule has 3 rings (SSSR count). The summed E-state index contributed by atoms with van der Waals surface area (Å²) in [5.41, 5.74) is 9.74. The predicted octanol–water partition coefficient (Wildman–Crippen LogP) is 2.78. The minimum Gasteiger partial charge on any atom is -0.462 e. The van der Waals surface area contributed by atoms with E-state index in [0.29, 0.717) is 11.5 Å². The lowest BCUT2D eigenvalue weighted by Gasteiger charge is -2.17. The number of anilines is 1. The molecule has 1 aliphatic carbocycles. The van der Waals surface area contributed by atoms with Crippen LogP contribution in [0.3, 0.4) is 0 Å². The molecule has 21 heavy (non-hydrogen) atoms. The molecule has 0 spiro atoms. The molecule has 1 aliphatic rings. The Morgan fingerprint density at radius 3 is 3.05 bits per heavy atom. The fraction of sp³-hybridized carbons (Fsp3) is 0.357. The van der Waals surface area contributed by atoms with E-state index in [4.69, 9.17) is 10.5 Å². The smallest absolute Gasteiger partial charge is 0.348 e. The van der Waals surface area contributed by atoms with E-state index in [1.807, 2.05) is 13.2 Å². The Balaban J connectivity index is 2.19. The molecule has 5 nitrogen and oxygen atoms in total. The number of hydrogen-bond donors (Lipinski definition) is 1. The van der Waals surface area contributed by atoms with Gasteiger partial charge in [-0.1, -0.05) is 0 Å². The quantitative estimate of drug-likeness (QED) is 0.692. The number of thiophene rings is 1. The van der Waals surface area contributed by atoms with E-state index in [1.165, 1.54) is 11.3 Å². The summed E-state index contributed by atoms with van der Waals surface area (Å²) in [5, 5.41) is 0. The molecular weight excluding hydrogens is 306 g/mol. The highest BCUT2D eigenvalue weighted by Gasteiger charge is 2.29. The van der Waals surface area contributed by atoms with Crippen molar-refractivity contribution in [3.8, 4) is 11.3 Å². The van der Waals surface area contributed by atoms with Crippen LogP contribution in [0.15, 0.2) is 10.4 Å². The topological polar surface area (TPSA) is 78.1 Å². The van der Waals surface area contributed by atoms with Gasteiger partial charge in [-0.3, -0.25) is 0 Å². The third-order valence-corrected chi connectivity index (χ3v) is 5.72. The minimum atomic E-state index is -0.246. The van der Waals surface area contributed by atoms with Gasteiger partial charge in [0.2, 0.25) is 5.95 Å². The van der Waals surface area contributed by atoms with Gasteiger partial charge in [0.05, 0.1) is 16.5 Å². The molecule has 0 atom stereocenters. The van der Waals surface area contributed by atoms with Crippen LogP contribution in [-0.2, 0) is 17.6 Å². The second kappa shape index (κ2) is 5.65. The number of hydrogen-bond acceptors (Lipinski definition) is 7. The summed E-state index contributed by atoms with van der Waals surface area (Å²) in [6.45, 7) is 2.20. The maximum Gasteiger partial charge on any atom is 0.348 e. The fourth-order valence-electron chi connectivity index (χ4n) is 2.50. The van der Waals surface area contributed by atoms with Crippen LogP contribution in [0.5, 0.6) is 0 Å². The normalized spacial score (nSPS) is 12.7. The highest BCUT2D eigenvalue weighted by molar-refractivity contribution is 8.00. The van der Waals surface area contributed by atoms with Gasteiger partial charge in [-0.2, -0.15) is 0 Å². The van der Waals surface area contributed by atoms with Crippen LogP contribution >= 0.6 is 23.1 Å². The van der Waals surface area contributed by atoms with Gasteiger partial charge in [0.15, 0.2) is 0 Å². The lowest BCUT2D eigenvalue weighted by Crippen LogP contribution is -2.11. The number of nitrogens with two attached hydrogens (primary N) is 1. The monoisotopic (exact) mass is 321 g/mol. The minimum absolute atomic E-state index is 0.246. The first-order chi connectivity index (χ1) is 10.2. The number of thioether (sulfide) groups is 1. The average Bonchev–Trinajstić information content (AvgIpc) is 2.86. The van der Waals surface area contributed by atoms with E-state index in [9.17, 15) is 4.79 Å². The number of nitrogen functional groups attached to an aromatic ring is 1. The molecule has 2 N–H and O–H groups in total. The van der Waals surface area contributed by atoms with Crippen LogP contribution in [0.2, 0.25) is 0 Å². The molecule has 0 fully saturated rings. The molecular formula is C14H15N3O2S2. The van der Waals surface area contributed by atoms with Gasteiger partial charge in [0.1, 0.15) is 4.88 Å². The Morgan fingerprint density at radius 2 is 2.33 bits per heavy atom. The van der Waals surface area contributed by atoms with E-state index >= 15 is 0 Å². The van der Waals surface area contributed by atoms with Crippen molar-refractivity contribution in [1.29, 1.82) is 0 Å². The lowest BCUT2D eigenvalue weighted by molar-refractivity contribution is 0.0531. The van der Waals surface area contributed by atoms with Crippen LogP contribution in [0, 0.1) is 0 Å². The Hall–Kier alpha value is -1.60.